The summed E-state index contributed by atoms with van der Waals surface area (Å²) >= 11 is 0. The molecule has 1 saturated heterocycles. The van der Waals surface area contributed by atoms with Crippen molar-refractivity contribution in [3.05, 3.63) is 18.4 Å². The zero-order chi connectivity index (χ0) is 10.7. The zero-order valence-electron chi connectivity index (χ0n) is 8.35. The number of nitrogens with zero attached hydrogens (tertiary/aromatic N) is 1. The Labute approximate surface area is 88.8 Å². The molecular weight excluding hydrogens is 216 g/mol. The third-order valence-corrected chi connectivity index (χ3v) is 4.38. The highest BCUT2D eigenvalue weighted by Crippen LogP contribution is 2.17. The largest absolute Gasteiger partial charge is 0.447 e. The maximum absolute atomic E-state index is 11.2. The van der Waals surface area contributed by atoms with Gasteiger partial charge in [0.15, 0.2) is 16.2 Å². The Kier molecular flexibility index (Phi) is 3.06. The molecule has 1 N–H and O–H groups in total. The van der Waals surface area contributed by atoms with Crippen LogP contribution in [0.5, 0.6) is 0 Å². The molecule has 1 aromatic heterocycles. The van der Waals surface area contributed by atoms with Crippen LogP contribution in [-0.2, 0) is 16.4 Å². The van der Waals surface area contributed by atoms with Gasteiger partial charge in [-0.1, -0.05) is 0 Å². The average Bonchev–Trinajstić information content (AvgIpc) is 2.76. The molecule has 2 rings (SSSR count). The van der Waals surface area contributed by atoms with E-state index in [-0.39, 0.29) is 5.92 Å². The van der Waals surface area contributed by atoms with Crippen molar-refractivity contribution in [2.75, 3.05) is 18.1 Å². The molecule has 84 valence electrons. The van der Waals surface area contributed by atoms with E-state index in [0.717, 1.165) is 18.7 Å². The van der Waals surface area contributed by atoms with Crippen molar-refractivity contribution in [1.82, 2.24) is 10.3 Å². The summed E-state index contributed by atoms with van der Waals surface area (Å²) in [6.07, 6.45) is 3.81. The van der Waals surface area contributed by atoms with Gasteiger partial charge in [-0.2, -0.15) is 0 Å². The molecule has 5 nitrogen and oxygen atoms in total. The van der Waals surface area contributed by atoms with E-state index in [1.165, 1.54) is 6.39 Å². The molecule has 6 heteroatoms. The van der Waals surface area contributed by atoms with Gasteiger partial charge in [0.05, 0.1) is 24.2 Å². The van der Waals surface area contributed by atoms with Gasteiger partial charge in [-0.05, 0) is 18.9 Å². The number of sulfone groups is 1. The summed E-state index contributed by atoms with van der Waals surface area (Å²) in [5.41, 5.74) is 0. The van der Waals surface area contributed by atoms with Crippen molar-refractivity contribution in [2.24, 2.45) is 5.92 Å². The van der Waals surface area contributed by atoms with Crippen LogP contribution < -0.4 is 5.32 Å². The second-order valence-corrected chi connectivity index (χ2v) is 6.10. The number of hydrogen-bond acceptors (Lipinski definition) is 5. The van der Waals surface area contributed by atoms with E-state index < -0.39 is 9.84 Å². The fraction of sp³-hybridized carbons (Fsp3) is 0.667. The van der Waals surface area contributed by atoms with Gasteiger partial charge >= 0.3 is 0 Å². The molecular formula is C9H14N2O3S. The molecule has 0 bridgehead atoms. The third kappa shape index (κ3) is 3.04. The number of aromatic nitrogens is 1. The summed E-state index contributed by atoms with van der Waals surface area (Å²) in [5, 5.41) is 3.17. The van der Waals surface area contributed by atoms with E-state index >= 15 is 0 Å². The Bertz CT molecular complexity index is 399. The molecule has 0 spiro atoms. The quantitative estimate of drug-likeness (QED) is 0.800. The van der Waals surface area contributed by atoms with Crippen LogP contribution in [0.25, 0.3) is 0 Å². The SMILES string of the molecule is O=S1(=O)CCC(CNCc2cnco2)C1. The molecule has 0 aromatic carbocycles. The van der Waals surface area contributed by atoms with E-state index in [2.05, 4.69) is 10.3 Å². The second-order valence-electron chi connectivity index (χ2n) is 3.87. The van der Waals surface area contributed by atoms with Crippen LogP contribution in [-0.4, -0.2) is 31.5 Å². The smallest absolute Gasteiger partial charge is 0.180 e. The molecule has 1 unspecified atom stereocenters. The average molecular weight is 230 g/mol. The van der Waals surface area contributed by atoms with Gasteiger partial charge < -0.3 is 9.73 Å². The Morgan fingerprint density at radius 3 is 3.07 bits per heavy atom. The Balaban J connectivity index is 1.71. The van der Waals surface area contributed by atoms with Gasteiger partial charge in [0, 0.05) is 0 Å². The standard InChI is InChI=1S/C9H14N2O3S/c12-15(13)2-1-8(6-15)3-10-4-9-5-11-7-14-9/h5,7-8,10H,1-4,6H2. The van der Waals surface area contributed by atoms with Gasteiger partial charge in [0.1, 0.15) is 5.76 Å². The predicted molar refractivity (Wildman–Crippen MR) is 55.0 cm³/mol. The van der Waals surface area contributed by atoms with Crippen LogP contribution in [0.3, 0.4) is 0 Å². The first-order valence-corrected chi connectivity index (χ1v) is 6.76. The lowest BCUT2D eigenvalue weighted by atomic mass is 10.1. The van der Waals surface area contributed by atoms with E-state index in [1.54, 1.807) is 6.20 Å². The fourth-order valence-electron chi connectivity index (χ4n) is 1.76. The number of rotatable bonds is 4. The van der Waals surface area contributed by atoms with Crippen molar-refractivity contribution in [1.29, 1.82) is 0 Å². The molecule has 0 aliphatic carbocycles. The first-order chi connectivity index (χ1) is 7.16. The lowest BCUT2D eigenvalue weighted by Crippen LogP contribution is -2.23. The van der Waals surface area contributed by atoms with Gasteiger partial charge in [0.25, 0.3) is 0 Å². The zero-order valence-corrected chi connectivity index (χ0v) is 9.16. The van der Waals surface area contributed by atoms with Crippen LogP contribution in [0, 0.1) is 5.92 Å². The normalized spacial score (nSPS) is 24.4. The summed E-state index contributed by atoms with van der Waals surface area (Å²) in [5.74, 6) is 1.67. The number of oxazole rings is 1. The molecule has 0 saturated carbocycles. The number of hydrogen-bond donors (Lipinski definition) is 1. The van der Waals surface area contributed by atoms with E-state index in [0.29, 0.717) is 18.1 Å². The van der Waals surface area contributed by atoms with Crippen molar-refractivity contribution in [2.45, 2.75) is 13.0 Å². The molecule has 0 radical (unpaired) electrons. The van der Waals surface area contributed by atoms with Crippen molar-refractivity contribution in [3.8, 4) is 0 Å². The highest BCUT2D eigenvalue weighted by molar-refractivity contribution is 7.91. The third-order valence-electron chi connectivity index (χ3n) is 2.54. The van der Waals surface area contributed by atoms with Gasteiger partial charge in [-0.15, -0.1) is 0 Å². The Morgan fingerprint density at radius 1 is 1.60 bits per heavy atom. The summed E-state index contributed by atoms with van der Waals surface area (Å²) in [7, 11) is -2.76. The second kappa shape index (κ2) is 4.32. The van der Waals surface area contributed by atoms with Crippen LogP contribution >= 0.6 is 0 Å². The van der Waals surface area contributed by atoms with E-state index in [1.807, 2.05) is 0 Å². The lowest BCUT2D eigenvalue weighted by Gasteiger charge is -2.07. The summed E-state index contributed by atoms with van der Waals surface area (Å²) in [6.45, 7) is 1.33. The summed E-state index contributed by atoms with van der Waals surface area (Å²) in [4.78, 5) is 3.79. The Morgan fingerprint density at radius 2 is 2.47 bits per heavy atom. The minimum Gasteiger partial charge on any atom is -0.447 e. The first kappa shape index (κ1) is 10.6. The van der Waals surface area contributed by atoms with Crippen molar-refractivity contribution >= 4 is 9.84 Å². The highest BCUT2D eigenvalue weighted by Gasteiger charge is 2.27. The van der Waals surface area contributed by atoms with Crippen LogP contribution in [0.2, 0.25) is 0 Å². The van der Waals surface area contributed by atoms with Gasteiger partial charge in [-0.3, -0.25) is 0 Å². The maximum Gasteiger partial charge on any atom is 0.180 e. The minimum absolute atomic E-state index is 0.248. The first-order valence-electron chi connectivity index (χ1n) is 4.94. The predicted octanol–water partition coefficient (Wildman–Crippen LogP) is 0.199. The maximum atomic E-state index is 11.2. The minimum atomic E-state index is -2.76. The molecule has 1 aliphatic heterocycles. The number of nitrogens with one attached hydrogen (secondary N) is 1. The van der Waals surface area contributed by atoms with E-state index in [4.69, 9.17) is 4.42 Å². The topological polar surface area (TPSA) is 72.2 Å². The lowest BCUT2D eigenvalue weighted by molar-refractivity contribution is 0.454. The molecule has 1 aromatic rings. The highest BCUT2D eigenvalue weighted by atomic mass is 32.2. The van der Waals surface area contributed by atoms with Crippen molar-refractivity contribution < 1.29 is 12.8 Å². The summed E-state index contributed by atoms with van der Waals surface area (Å²) < 4.78 is 27.4. The van der Waals surface area contributed by atoms with Crippen LogP contribution in [0.15, 0.2) is 17.0 Å². The molecule has 1 fully saturated rings. The van der Waals surface area contributed by atoms with Crippen LogP contribution in [0.1, 0.15) is 12.2 Å². The molecule has 1 aliphatic rings. The van der Waals surface area contributed by atoms with Gasteiger partial charge in [-0.25, -0.2) is 13.4 Å². The monoisotopic (exact) mass is 230 g/mol. The summed E-state index contributed by atoms with van der Waals surface area (Å²) in [6, 6.07) is 0. The molecule has 1 atom stereocenters. The van der Waals surface area contributed by atoms with Crippen molar-refractivity contribution in [3.63, 3.8) is 0 Å². The van der Waals surface area contributed by atoms with Gasteiger partial charge in [0.2, 0.25) is 0 Å². The fourth-order valence-corrected chi connectivity index (χ4v) is 3.62. The molecule has 2 heterocycles. The molecule has 0 amide bonds. The Hall–Kier alpha value is -0.880. The van der Waals surface area contributed by atoms with Crippen LogP contribution in [0.4, 0.5) is 0 Å². The molecule has 15 heavy (non-hydrogen) atoms. The van der Waals surface area contributed by atoms with E-state index in [9.17, 15) is 8.42 Å².